The Morgan fingerprint density at radius 3 is 2.31 bits per heavy atom. The van der Waals surface area contributed by atoms with E-state index < -0.39 is 42.6 Å². The molecule has 0 spiro atoms. The summed E-state index contributed by atoms with van der Waals surface area (Å²) >= 11 is 0. The highest BCUT2D eigenvalue weighted by molar-refractivity contribution is 5.95. The number of halogens is 2. The number of phenolic OH excluding ortho intramolecular Hbond substituents is 1. The summed E-state index contributed by atoms with van der Waals surface area (Å²) in [4.78, 5) is 34.9. The molecule has 0 aliphatic rings. The smallest absolute Gasteiger partial charge is 0.338 e. The third kappa shape index (κ3) is 5.55. The van der Waals surface area contributed by atoms with Gasteiger partial charge < -0.3 is 20.5 Å². The number of amides is 2. The van der Waals surface area contributed by atoms with E-state index in [4.69, 9.17) is 9.84 Å². The lowest BCUT2D eigenvalue weighted by molar-refractivity contribution is -0.126. The molecule has 0 heterocycles. The average Bonchev–Trinajstić information content (AvgIpc) is 2.61. The van der Waals surface area contributed by atoms with E-state index in [0.29, 0.717) is 0 Å². The molecule has 0 fully saturated rings. The maximum atomic E-state index is 13.0. The van der Waals surface area contributed by atoms with Crippen molar-refractivity contribution < 1.29 is 33.0 Å². The van der Waals surface area contributed by atoms with E-state index in [1.54, 1.807) is 0 Å². The van der Waals surface area contributed by atoms with Gasteiger partial charge in [-0.25, -0.2) is 13.6 Å². The van der Waals surface area contributed by atoms with Crippen LogP contribution in [0.15, 0.2) is 42.5 Å². The Kier molecular flexibility index (Phi) is 6.20. The number of aromatic hydroxyl groups is 1. The number of nitrogens with one attached hydrogen (secondary N) is 2. The van der Waals surface area contributed by atoms with Crippen LogP contribution in [-0.2, 0) is 14.3 Å². The molecule has 0 unspecified atom stereocenters. The predicted octanol–water partition coefficient (Wildman–Crippen LogP) is 1.58. The summed E-state index contributed by atoms with van der Waals surface area (Å²) in [5.74, 6) is -4.36. The minimum Gasteiger partial charge on any atom is -0.508 e. The molecule has 3 N–H and O–H groups in total. The second kappa shape index (κ2) is 8.56. The number of benzene rings is 2. The zero-order chi connectivity index (χ0) is 19.1. The molecule has 0 aliphatic carbocycles. The number of hydrogen-bond acceptors (Lipinski definition) is 5. The molecule has 0 saturated carbocycles. The molecule has 0 atom stereocenters. The molecule has 0 bridgehead atoms. The number of hydrogen-bond donors (Lipinski definition) is 3. The zero-order valence-corrected chi connectivity index (χ0v) is 13.3. The van der Waals surface area contributed by atoms with Crippen LogP contribution >= 0.6 is 0 Å². The quantitative estimate of drug-likeness (QED) is 0.675. The van der Waals surface area contributed by atoms with Gasteiger partial charge in [-0.15, -0.1) is 0 Å². The van der Waals surface area contributed by atoms with Crippen molar-refractivity contribution >= 4 is 23.5 Å². The van der Waals surface area contributed by atoms with Crippen LogP contribution in [0.4, 0.5) is 14.5 Å². The Balaban J connectivity index is 1.73. The lowest BCUT2D eigenvalue weighted by atomic mass is 10.2. The molecule has 136 valence electrons. The van der Waals surface area contributed by atoms with Crippen molar-refractivity contribution in [2.45, 2.75) is 0 Å². The summed E-state index contributed by atoms with van der Waals surface area (Å²) in [6.45, 7) is -1.06. The lowest BCUT2D eigenvalue weighted by Crippen LogP contribution is -2.35. The minimum atomic E-state index is -1.12. The number of ether oxygens (including phenoxy) is 1. The number of phenols is 1. The van der Waals surface area contributed by atoms with Gasteiger partial charge in [-0.1, -0.05) is 0 Å². The lowest BCUT2D eigenvalue weighted by Gasteiger charge is -2.08. The van der Waals surface area contributed by atoms with Gasteiger partial charge >= 0.3 is 5.97 Å². The Hall–Kier alpha value is -3.49. The molecule has 0 radical (unpaired) electrons. The standard InChI is InChI=1S/C17H14F2N2O5/c18-13-6-3-11(7-14(13)19)21-15(23)8-20-16(24)9-26-17(25)10-1-4-12(22)5-2-10/h1-7,22H,8-9H2,(H,20,24)(H,21,23). The van der Waals surface area contributed by atoms with Crippen LogP contribution in [0.1, 0.15) is 10.4 Å². The Bertz CT molecular complexity index is 824. The number of anilines is 1. The first-order chi connectivity index (χ1) is 12.3. The Labute approximate surface area is 146 Å². The van der Waals surface area contributed by atoms with Crippen molar-refractivity contribution in [2.75, 3.05) is 18.5 Å². The highest BCUT2D eigenvalue weighted by atomic mass is 19.2. The summed E-state index contributed by atoms with van der Waals surface area (Å²) in [7, 11) is 0. The Morgan fingerprint density at radius 1 is 0.962 bits per heavy atom. The number of carbonyl (C=O) groups excluding carboxylic acids is 3. The average molecular weight is 364 g/mol. The molecule has 26 heavy (non-hydrogen) atoms. The first-order valence-corrected chi connectivity index (χ1v) is 7.33. The monoisotopic (exact) mass is 364 g/mol. The van der Waals surface area contributed by atoms with Gasteiger partial charge in [-0.3, -0.25) is 9.59 Å². The zero-order valence-electron chi connectivity index (χ0n) is 13.3. The van der Waals surface area contributed by atoms with Gasteiger partial charge in [0.15, 0.2) is 18.2 Å². The van der Waals surface area contributed by atoms with E-state index in [9.17, 15) is 23.2 Å². The molecule has 0 aromatic heterocycles. The first kappa shape index (κ1) is 18.8. The highest BCUT2D eigenvalue weighted by Crippen LogP contribution is 2.13. The van der Waals surface area contributed by atoms with Gasteiger partial charge in [0.1, 0.15) is 5.75 Å². The molecule has 9 heteroatoms. The van der Waals surface area contributed by atoms with E-state index in [0.717, 1.165) is 18.2 Å². The van der Waals surface area contributed by atoms with Gasteiger partial charge in [-0.05, 0) is 36.4 Å². The highest BCUT2D eigenvalue weighted by Gasteiger charge is 2.12. The van der Waals surface area contributed by atoms with E-state index in [1.807, 2.05) is 0 Å². The molecular formula is C17H14F2N2O5. The van der Waals surface area contributed by atoms with Crippen LogP contribution in [0, 0.1) is 11.6 Å². The minimum absolute atomic E-state index is 0.0219. The molecule has 2 amide bonds. The van der Waals surface area contributed by atoms with Gasteiger partial charge in [-0.2, -0.15) is 0 Å². The summed E-state index contributed by atoms with van der Waals surface area (Å²) in [6, 6.07) is 8.05. The number of esters is 1. The maximum absolute atomic E-state index is 13.0. The van der Waals surface area contributed by atoms with Crippen LogP contribution in [0.25, 0.3) is 0 Å². The summed E-state index contributed by atoms with van der Waals surface area (Å²) < 4.78 is 30.6. The molecule has 7 nitrogen and oxygen atoms in total. The third-order valence-electron chi connectivity index (χ3n) is 3.09. The van der Waals surface area contributed by atoms with Crippen LogP contribution in [0.3, 0.4) is 0 Å². The summed E-state index contributed by atoms with van der Waals surface area (Å²) in [5.41, 5.74) is 0.175. The van der Waals surface area contributed by atoms with Gasteiger partial charge in [0.25, 0.3) is 5.91 Å². The van der Waals surface area contributed by atoms with Crippen LogP contribution in [-0.4, -0.2) is 36.0 Å². The fraction of sp³-hybridized carbons (Fsp3) is 0.118. The summed E-state index contributed by atoms with van der Waals surface area (Å²) in [6.07, 6.45) is 0. The van der Waals surface area contributed by atoms with Crippen molar-refractivity contribution in [2.24, 2.45) is 0 Å². The Morgan fingerprint density at radius 2 is 1.65 bits per heavy atom. The fourth-order valence-electron chi connectivity index (χ4n) is 1.82. The van der Waals surface area contributed by atoms with E-state index in [1.165, 1.54) is 24.3 Å². The van der Waals surface area contributed by atoms with Crippen molar-refractivity contribution in [1.29, 1.82) is 0 Å². The fourth-order valence-corrected chi connectivity index (χ4v) is 1.82. The normalized spacial score (nSPS) is 10.1. The molecule has 0 saturated heterocycles. The largest absolute Gasteiger partial charge is 0.508 e. The molecule has 2 aromatic rings. The van der Waals surface area contributed by atoms with E-state index in [-0.39, 0.29) is 17.0 Å². The van der Waals surface area contributed by atoms with Gasteiger partial charge in [0.05, 0.1) is 12.1 Å². The van der Waals surface area contributed by atoms with E-state index >= 15 is 0 Å². The van der Waals surface area contributed by atoms with Crippen LogP contribution in [0.5, 0.6) is 5.75 Å². The van der Waals surface area contributed by atoms with Gasteiger partial charge in [0, 0.05) is 11.8 Å². The van der Waals surface area contributed by atoms with Crippen LogP contribution in [0.2, 0.25) is 0 Å². The number of carbonyl (C=O) groups is 3. The first-order valence-electron chi connectivity index (χ1n) is 7.33. The van der Waals surface area contributed by atoms with Crippen molar-refractivity contribution in [3.05, 3.63) is 59.7 Å². The molecule has 2 rings (SSSR count). The third-order valence-corrected chi connectivity index (χ3v) is 3.09. The molecule has 0 aliphatic heterocycles. The SMILES string of the molecule is O=C(COC(=O)c1ccc(O)cc1)NCC(=O)Nc1ccc(F)c(F)c1. The van der Waals surface area contributed by atoms with E-state index in [2.05, 4.69) is 10.6 Å². The summed E-state index contributed by atoms with van der Waals surface area (Å²) in [5, 5.41) is 13.6. The molecule has 2 aromatic carbocycles. The molecular weight excluding hydrogens is 350 g/mol. The van der Waals surface area contributed by atoms with Crippen molar-refractivity contribution in [3.63, 3.8) is 0 Å². The van der Waals surface area contributed by atoms with Crippen LogP contribution < -0.4 is 10.6 Å². The number of rotatable bonds is 6. The second-order valence-electron chi connectivity index (χ2n) is 5.08. The van der Waals surface area contributed by atoms with Crippen molar-refractivity contribution in [1.82, 2.24) is 5.32 Å². The van der Waals surface area contributed by atoms with Crippen molar-refractivity contribution in [3.8, 4) is 5.75 Å². The maximum Gasteiger partial charge on any atom is 0.338 e. The van der Waals surface area contributed by atoms with Gasteiger partial charge in [0.2, 0.25) is 5.91 Å². The topological polar surface area (TPSA) is 105 Å². The second-order valence-corrected chi connectivity index (χ2v) is 5.08. The predicted molar refractivity (Wildman–Crippen MR) is 86.4 cm³/mol.